The number of rotatable bonds is 4. The lowest BCUT2D eigenvalue weighted by Crippen LogP contribution is -2.25. The number of ether oxygens (including phenoxy) is 1. The van der Waals surface area contributed by atoms with Gasteiger partial charge in [0.2, 0.25) is 0 Å². The van der Waals surface area contributed by atoms with E-state index in [1.165, 1.54) is 0 Å². The van der Waals surface area contributed by atoms with Gasteiger partial charge in [0.05, 0.1) is 17.6 Å². The van der Waals surface area contributed by atoms with Gasteiger partial charge in [-0.25, -0.2) is 0 Å². The minimum absolute atomic E-state index is 0.148. The summed E-state index contributed by atoms with van der Waals surface area (Å²) < 4.78 is 5.02. The van der Waals surface area contributed by atoms with Crippen molar-refractivity contribution in [2.24, 2.45) is 5.92 Å². The zero-order valence-electron chi connectivity index (χ0n) is 11.5. The van der Waals surface area contributed by atoms with Crippen LogP contribution in [0.1, 0.15) is 24.8 Å². The predicted octanol–water partition coefficient (Wildman–Crippen LogP) is 2.40. The SMILES string of the molecule is N#Cc1cccc(NC(=O)COC(=O)[C@@H]2CC=CCC2)c1. The van der Waals surface area contributed by atoms with Gasteiger partial charge in [-0.1, -0.05) is 18.2 Å². The molecule has 1 aromatic rings. The number of nitrogens with one attached hydrogen (secondary N) is 1. The summed E-state index contributed by atoms with van der Waals surface area (Å²) in [7, 11) is 0. The summed E-state index contributed by atoms with van der Waals surface area (Å²) in [6.07, 6.45) is 6.31. The smallest absolute Gasteiger partial charge is 0.309 e. The average Bonchev–Trinajstić information content (AvgIpc) is 2.53. The number of allylic oxidation sites excluding steroid dienone is 2. The van der Waals surface area contributed by atoms with Crippen LogP contribution in [-0.2, 0) is 14.3 Å². The van der Waals surface area contributed by atoms with E-state index in [-0.39, 0.29) is 18.5 Å². The normalized spacial score (nSPS) is 16.8. The van der Waals surface area contributed by atoms with E-state index >= 15 is 0 Å². The molecule has 1 amide bonds. The minimum Gasteiger partial charge on any atom is -0.455 e. The van der Waals surface area contributed by atoms with Crippen molar-refractivity contribution in [3.05, 3.63) is 42.0 Å². The van der Waals surface area contributed by atoms with Crippen LogP contribution in [0.15, 0.2) is 36.4 Å². The molecule has 5 heteroatoms. The lowest BCUT2D eigenvalue weighted by atomic mass is 9.95. The van der Waals surface area contributed by atoms with E-state index in [1.54, 1.807) is 24.3 Å². The molecule has 1 aliphatic carbocycles. The maximum absolute atomic E-state index is 11.8. The number of esters is 1. The first-order valence-corrected chi connectivity index (χ1v) is 6.80. The van der Waals surface area contributed by atoms with Crippen LogP contribution >= 0.6 is 0 Å². The maximum Gasteiger partial charge on any atom is 0.309 e. The molecular weight excluding hydrogens is 268 g/mol. The third-order valence-corrected chi connectivity index (χ3v) is 3.22. The van der Waals surface area contributed by atoms with Crippen LogP contribution < -0.4 is 5.32 Å². The van der Waals surface area contributed by atoms with Gasteiger partial charge in [0.25, 0.3) is 5.91 Å². The van der Waals surface area contributed by atoms with Crippen LogP contribution in [0.2, 0.25) is 0 Å². The number of carbonyl (C=O) groups is 2. The molecule has 0 bridgehead atoms. The Hall–Kier alpha value is -2.61. The molecule has 0 aliphatic heterocycles. The molecule has 2 rings (SSSR count). The molecule has 108 valence electrons. The zero-order chi connectivity index (χ0) is 15.1. The van der Waals surface area contributed by atoms with Crippen LogP contribution in [0.25, 0.3) is 0 Å². The second-order valence-corrected chi connectivity index (χ2v) is 4.83. The van der Waals surface area contributed by atoms with Gasteiger partial charge in [0.15, 0.2) is 6.61 Å². The summed E-state index contributed by atoms with van der Waals surface area (Å²) in [5.41, 5.74) is 0.967. The van der Waals surface area contributed by atoms with E-state index < -0.39 is 5.91 Å². The van der Waals surface area contributed by atoms with Gasteiger partial charge in [-0.3, -0.25) is 9.59 Å². The van der Waals surface area contributed by atoms with Crippen LogP contribution in [0.5, 0.6) is 0 Å². The van der Waals surface area contributed by atoms with Crippen molar-refractivity contribution in [1.82, 2.24) is 0 Å². The monoisotopic (exact) mass is 284 g/mol. The molecule has 1 atom stereocenters. The number of carbonyl (C=O) groups excluding carboxylic acids is 2. The van der Waals surface area contributed by atoms with Crippen LogP contribution in [0.4, 0.5) is 5.69 Å². The second-order valence-electron chi connectivity index (χ2n) is 4.83. The second kappa shape index (κ2) is 7.25. The van der Waals surface area contributed by atoms with Crippen molar-refractivity contribution in [2.45, 2.75) is 19.3 Å². The molecule has 1 aliphatic rings. The van der Waals surface area contributed by atoms with Crippen molar-refractivity contribution >= 4 is 17.6 Å². The van der Waals surface area contributed by atoms with Crippen molar-refractivity contribution in [1.29, 1.82) is 5.26 Å². The van der Waals surface area contributed by atoms with Crippen LogP contribution in [0.3, 0.4) is 0 Å². The molecule has 5 nitrogen and oxygen atoms in total. The Morgan fingerprint density at radius 1 is 1.38 bits per heavy atom. The summed E-state index contributed by atoms with van der Waals surface area (Å²) in [5, 5.41) is 11.4. The zero-order valence-corrected chi connectivity index (χ0v) is 11.5. The van der Waals surface area contributed by atoms with Crippen LogP contribution in [0, 0.1) is 17.2 Å². The summed E-state index contributed by atoms with van der Waals surface area (Å²) in [4.78, 5) is 23.5. The summed E-state index contributed by atoms with van der Waals surface area (Å²) >= 11 is 0. The molecule has 0 radical (unpaired) electrons. The van der Waals surface area contributed by atoms with Gasteiger partial charge in [-0.15, -0.1) is 0 Å². The number of hydrogen-bond donors (Lipinski definition) is 1. The number of benzene rings is 1. The highest BCUT2D eigenvalue weighted by atomic mass is 16.5. The van der Waals surface area contributed by atoms with E-state index in [0.29, 0.717) is 17.7 Å². The Morgan fingerprint density at radius 2 is 2.24 bits per heavy atom. The first-order valence-electron chi connectivity index (χ1n) is 6.80. The fraction of sp³-hybridized carbons (Fsp3) is 0.312. The van der Waals surface area contributed by atoms with Gasteiger partial charge >= 0.3 is 5.97 Å². The quantitative estimate of drug-likeness (QED) is 0.680. The number of hydrogen-bond acceptors (Lipinski definition) is 4. The number of nitrogens with zero attached hydrogens (tertiary/aromatic N) is 1. The van der Waals surface area contributed by atoms with Gasteiger partial charge < -0.3 is 10.1 Å². The number of amides is 1. The molecule has 0 saturated carbocycles. The lowest BCUT2D eigenvalue weighted by Gasteiger charge is -2.16. The maximum atomic E-state index is 11.8. The predicted molar refractivity (Wildman–Crippen MR) is 77.2 cm³/mol. The molecule has 0 heterocycles. The van der Waals surface area contributed by atoms with E-state index in [2.05, 4.69) is 5.32 Å². The fourth-order valence-corrected chi connectivity index (χ4v) is 2.13. The van der Waals surface area contributed by atoms with Crippen LogP contribution in [-0.4, -0.2) is 18.5 Å². The van der Waals surface area contributed by atoms with Crippen molar-refractivity contribution in [3.8, 4) is 6.07 Å². The first kappa shape index (κ1) is 14.8. The highest BCUT2D eigenvalue weighted by Crippen LogP contribution is 2.19. The summed E-state index contributed by atoms with van der Waals surface area (Å²) in [5.74, 6) is -0.894. The van der Waals surface area contributed by atoms with E-state index in [4.69, 9.17) is 10.00 Å². The number of anilines is 1. The van der Waals surface area contributed by atoms with E-state index in [0.717, 1.165) is 12.8 Å². The first-order chi connectivity index (χ1) is 10.2. The third kappa shape index (κ3) is 4.46. The van der Waals surface area contributed by atoms with Crippen molar-refractivity contribution in [3.63, 3.8) is 0 Å². The molecule has 21 heavy (non-hydrogen) atoms. The van der Waals surface area contributed by atoms with Gasteiger partial charge in [-0.05, 0) is 37.5 Å². The van der Waals surface area contributed by atoms with Gasteiger partial charge in [-0.2, -0.15) is 5.26 Å². The molecular formula is C16H16N2O3. The molecule has 0 aromatic heterocycles. The third-order valence-electron chi connectivity index (χ3n) is 3.22. The number of nitriles is 1. The molecule has 0 unspecified atom stereocenters. The standard InChI is InChI=1S/C16H16N2O3/c17-10-12-5-4-8-14(9-12)18-15(19)11-21-16(20)13-6-2-1-3-7-13/h1-2,4-5,8-9,13H,3,6-7,11H2,(H,18,19)/t13-/m1/s1. The van der Waals surface area contributed by atoms with Gasteiger partial charge in [0, 0.05) is 5.69 Å². The Bertz CT molecular complexity index is 602. The Kier molecular flexibility index (Phi) is 5.10. The van der Waals surface area contributed by atoms with E-state index in [1.807, 2.05) is 18.2 Å². The Balaban J connectivity index is 1.80. The van der Waals surface area contributed by atoms with Crippen molar-refractivity contribution < 1.29 is 14.3 Å². The molecule has 1 N–H and O–H groups in total. The fourth-order valence-electron chi connectivity index (χ4n) is 2.13. The molecule has 0 saturated heterocycles. The van der Waals surface area contributed by atoms with Crippen molar-refractivity contribution in [2.75, 3.05) is 11.9 Å². The lowest BCUT2D eigenvalue weighted by molar-refractivity contribution is -0.151. The van der Waals surface area contributed by atoms with E-state index in [9.17, 15) is 9.59 Å². The molecule has 0 fully saturated rings. The molecule has 0 spiro atoms. The summed E-state index contributed by atoms with van der Waals surface area (Å²) in [6, 6.07) is 8.55. The molecule has 1 aromatic carbocycles. The minimum atomic E-state index is -0.412. The average molecular weight is 284 g/mol. The topological polar surface area (TPSA) is 79.2 Å². The Morgan fingerprint density at radius 3 is 2.95 bits per heavy atom. The largest absolute Gasteiger partial charge is 0.455 e. The Labute approximate surface area is 123 Å². The summed E-state index contributed by atoms with van der Waals surface area (Å²) in [6.45, 7) is -0.310. The van der Waals surface area contributed by atoms with Gasteiger partial charge in [0.1, 0.15) is 0 Å². The highest BCUT2D eigenvalue weighted by Gasteiger charge is 2.20. The highest BCUT2D eigenvalue weighted by molar-refractivity contribution is 5.93.